The molecule has 0 saturated heterocycles. The molecule has 0 aliphatic rings. The first-order valence-electron chi connectivity index (χ1n) is 4.21. The fourth-order valence-electron chi connectivity index (χ4n) is 0.945. The molecule has 84 valence electrons. The van der Waals surface area contributed by atoms with Gasteiger partial charge in [0, 0.05) is 12.8 Å². The molecular weight excluding hydrogens is 206 g/mol. The third kappa shape index (κ3) is 4.06. The van der Waals surface area contributed by atoms with E-state index in [4.69, 9.17) is 5.73 Å². The molecule has 14 heavy (non-hydrogen) atoms. The minimum atomic E-state index is -3.07. The van der Waals surface area contributed by atoms with Crippen LogP contribution >= 0.6 is 0 Å². The third-order valence-corrected chi connectivity index (χ3v) is 3.10. The minimum Gasteiger partial charge on any atom is -0.469 e. The Kier molecular flexibility index (Phi) is 4.54. The van der Waals surface area contributed by atoms with Gasteiger partial charge in [-0.2, -0.15) is 0 Å². The van der Waals surface area contributed by atoms with Crippen LogP contribution in [0, 0.1) is 5.41 Å². The third-order valence-electron chi connectivity index (χ3n) is 2.15. The van der Waals surface area contributed by atoms with Crippen LogP contribution in [-0.4, -0.2) is 40.1 Å². The van der Waals surface area contributed by atoms with Crippen LogP contribution in [0.15, 0.2) is 0 Å². The Balaban J connectivity index is 4.49. The van der Waals surface area contributed by atoms with Gasteiger partial charge in [0.05, 0.1) is 18.3 Å². The molecule has 6 heteroatoms. The number of esters is 1. The quantitative estimate of drug-likeness (QED) is 0.638. The molecule has 0 spiro atoms. The second-order valence-electron chi connectivity index (χ2n) is 3.64. The largest absolute Gasteiger partial charge is 0.469 e. The summed E-state index contributed by atoms with van der Waals surface area (Å²) >= 11 is 0. The summed E-state index contributed by atoms with van der Waals surface area (Å²) in [4.78, 5) is 11.3. The van der Waals surface area contributed by atoms with Gasteiger partial charge in [0.2, 0.25) is 0 Å². The number of methoxy groups -OCH3 is 1. The van der Waals surface area contributed by atoms with Crippen LogP contribution in [0.1, 0.15) is 13.3 Å². The normalized spacial score (nSPS) is 16.0. The van der Waals surface area contributed by atoms with Crippen LogP contribution in [0.5, 0.6) is 0 Å². The predicted molar refractivity (Wildman–Crippen MR) is 53.5 cm³/mol. The van der Waals surface area contributed by atoms with Crippen molar-refractivity contribution in [2.75, 3.05) is 25.7 Å². The van der Waals surface area contributed by atoms with Crippen LogP contribution in [0.4, 0.5) is 0 Å². The van der Waals surface area contributed by atoms with Gasteiger partial charge in [-0.1, -0.05) is 0 Å². The Labute approximate surface area is 84.5 Å². The molecule has 0 aromatic rings. The van der Waals surface area contributed by atoms with Crippen LogP contribution in [0.25, 0.3) is 0 Å². The first kappa shape index (κ1) is 13.4. The maximum absolute atomic E-state index is 11.3. The number of ether oxygens (including phenoxy) is 1. The highest BCUT2D eigenvalue weighted by atomic mass is 32.2. The summed E-state index contributed by atoms with van der Waals surface area (Å²) in [5.41, 5.74) is 4.51. The van der Waals surface area contributed by atoms with Crippen molar-refractivity contribution in [1.29, 1.82) is 0 Å². The standard InChI is InChI=1S/C8H17NO4S/c1-8(6-9,7(10)13-2)4-5-14(3,11)12/h4-6,9H2,1-3H3. The molecule has 0 aliphatic heterocycles. The summed E-state index contributed by atoms with van der Waals surface area (Å²) in [7, 11) is -1.81. The molecule has 0 fully saturated rings. The van der Waals surface area contributed by atoms with Gasteiger partial charge in [0.15, 0.2) is 0 Å². The van der Waals surface area contributed by atoms with Gasteiger partial charge >= 0.3 is 5.97 Å². The van der Waals surface area contributed by atoms with E-state index in [1.165, 1.54) is 7.11 Å². The van der Waals surface area contributed by atoms with Crippen molar-refractivity contribution < 1.29 is 17.9 Å². The average Bonchev–Trinajstić information content (AvgIpc) is 2.11. The van der Waals surface area contributed by atoms with Gasteiger partial charge in [0.1, 0.15) is 9.84 Å². The lowest BCUT2D eigenvalue weighted by atomic mass is 9.88. The molecule has 0 aliphatic carbocycles. The lowest BCUT2D eigenvalue weighted by Gasteiger charge is -2.23. The molecule has 1 atom stereocenters. The van der Waals surface area contributed by atoms with Crippen molar-refractivity contribution in [3.05, 3.63) is 0 Å². The maximum Gasteiger partial charge on any atom is 0.312 e. The van der Waals surface area contributed by atoms with Gasteiger partial charge < -0.3 is 10.5 Å². The summed E-state index contributed by atoms with van der Waals surface area (Å²) in [6.07, 6.45) is 1.32. The highest BCUT2D eigenvalue weighted by molar-refractivity contribution is 7.90. The number of carbonyl (C=O) groups excluding carboxylic acids is 1. The van der Waals surface area contributed by atoms with E-state index < -0.39 is 21.2 Å². The number of hydrogen-bond acceptors (Lipinski definition) is 5. The van der Waals surface area contributed by atoms with E-state index in [-0.39, 0.29) is 18.7 Å². The summed E-state index contributed by atoms with van der Waals surface area (Å²) < 4.78 is 26.4. The number of nitrogens with two attached hydrogens (primary N) is 1. The van der Waals surface area contributed by atoms with E-state index in [0.717, 1.165) is 6.26 Å². The predicted octanol–water partition coefficient (Wildman–Crippen LogP) is -0.441. The van der Waals surface area contributed by atoms with Gasteiger partial charge in [-0.15, -0.1) is 0 Å². The molecule has 0 amide bonds. The Morgan fingerprint density at radius 2 is 2.00 bits per heavy atom. The van der Waals surface area contributed by atoms with E-state index in [9.17, 15) is 13.2 Å². The molecule has 0 saturated carbocycles. The highest BCUT2D eigenvalue weighted by Gasteiger charge is 2.33. The zero-order chi connectivity index (χ0) is 11.4. The Morgan fingerprint density at radius 3 is 2.29 bits per heavy atom. The van der Waals surface area contributed by atoms with Gasteiger partial charge in [-0.25, -0.2) is 8.42 Å². The Morgan fingerprint density at radius 1 is 1.50 bits per heavy atom. The Hall–Kier alpha value is -0.620. The first-order valence-corrected chi connectivity index (χ1v) is 6.27. The summed E-state index contributed by atoms with van der Waals surface area (Å²) in [6, 6.07) is 0. The topological polar surface area (TPSA) is 86.5 Å². The van der Waals surface area contributed by atoms with E-state index in [1.807, 2.05) is 0 Å². The molecule has 0 aromatic heterocycles. The second-order valence-corrected chi connectivity index (χ2v) is 5.90. The lowest BCUT2D eigenvalue weighted by molar-refractivity contribution is -0.151. The number of sulfone groups is 1. The summed E-state index contributed by atoms with van der Waals surface area (Å²) in [5, 5.41) is 0. The molecule has 1 unspecified atom stereocenters. The second kappa shape index (κ2) is 4.75. The Bertz CT molecular complexity index is 298. The van der Waals surface area contributed by atoms with Crippen molar-refractivity contribution in [1.82, 2.24) is 0 Å². The molecular formula is C8H17NO4S. The minimum absolute atomic E-state index is 0.0597. The van der Waals surface area contributed by atoms with E-state index in [2.05, 4.69) is 4.74 Å². The molecule has 0 rings (SSSR count). The molecule has 2 N–H and O–H groups in total. The van der Waals surface area contributed by atoms with E-state index in [0.29, 0.717) is 0 Å². The number of rotatable bonds is 5. The smallest absolute Gasteiger partial charge is 0.312 e. The van der Waals surface area contributed by atoms with Crippen LogP contribution in [0.3, 0.4) is 0 Å². The monoisotopic (exact) mass is 223 g/mol. The van der Waals surface area contributed by atoms with Crippen LogP contribution < -0.4 is 5.73 Å². The summed E-state index contributed by atoms with van der Waals surface area (Å²) in [6.45, 7) is 1.68. The maximum atomic E-state index is 11.3. The highest BCUT2D eigenvalue weighted by Crippen LogP contribution is 2.22. The molecule has 0 radical (unpaired) electrons. The van der Waals surface area contributed by atoms with Crippen LogP contribution in [0.2, 0.25) is 0 Å². The van der Waals surface area contributed by atoms with Crippen LogP contribution in [-0.2, 0) is 19.4 Å². The van der Waals surface area contributed by atoms with Crippen molar-refractivity contribution in [2.24, 2.45) is 11.1 Å². The molecule has 0 aromatic carbocycles. The zero-order valence-corrected chi connectivity index (χ0v) is 9.56. The first-order chi connectivity index (χ1) is 6.25. The SMILES string of the molecule is COC(=O)C(C)(CN)CCS(C)(=O)=O. The van der Waals surface area contributed by atoms with Crippen molar-refractivity contribution in [2.45, 2.75) is 13.3 Å². The van der Waals surface area contributed by atoms with Crippen molar-refractivity contribution in [3.8, 4) is 0 Å². The lowest BCUT2D eigenvalue weighted by Crippen LogP contribution is -2.38. The van der Waals surface area contributed by atoms with E-state index in [1.54, 1.807) is 6.92 Å². The zero-order valence-electron chi connectivity index (χ0n) is 8.74. The number of carbonyl (C=O) groups is 1. The fourth-order valence-corrected chi connectivity index (χ4v) is 1.77. The van der Waals surface area contributed by atoms with Gasteiger partial charge in [0.25, 0.3) is 0 Å². The summed E-state index contributed by atoms with van der Waals surface area (Å²) in [5.74, 6) is -0.529. The van der Waals surface area contributed by atoms with Crippen molar-refractivity contribution in [3.63, 3.8) is 0 Å². The average molecular weight is 223 g/mol. The molecule has 0 heterocycles. The van der Waals surface area contributed by atoms with Gasteiger partial charge in [-0.3, -0.25) is 4.79 Å². The fraction of sp³-hybridized carbons (Fsp3) is 0.875. The van der Waals surface area contributed by atoms with E-state index >= 15 is 0 Å². The number of hydrogen-bond donors (Lipinski definition) is 1. The molecule has 5 nitrogen and oxygen atoms in total. The van der Waals surface area contributed by atoms with Crippen molar-refractivity contribution >= 4 is 15.8 Å². The molecule has 0 bridgehead atoms. The van der Waals surface area contributed by atoms with Gasteiger partial charge in [-0.05, 0) is 13.3 Å².